The number of pyridine rings is 2. The SMILES string of the molecule is O=C(NCc1cccnc1-c1ccncc1)Nc1ccc(C(F)(F)F)cc1. The van der Waals surface area contributed by atoms with Crippen LogP contribution in [0.2, 0.25) is 0 Å². The van der Waals surface area contributed by atoms with Crippen LogP contribution in [-0.2, 0) is 12.7 Å². The Balaban J connectivity index is 1.63. The summed E-state index contributed by atoms with van der Waals surface area (Å²) >= 11 is 0. The number of urea groups is 1. The van der Waals surface area contributed by atoms with Crippen LogP contribution >= 0.6 is 0 Å². The van der Waals surface area contributed by atoms with E-state index in [9.17, 15) is 18.0 Å². The zero-order valence-electron chi connectivity index (χ0n) is 14.0. The fraction of sp³-hybridized carbons (Fsp3) is 0.105. The van der Waals surface area contributed by atoms with E-state index < -0.39 is 17.8 Å². The third-order valence-corrected chi connectivity index (χ3v) is 3.75. The van der Waals surface area contributed by atoms with Crippen molar-refractivity contribution in [2.24, 2.45) is 0 Å². The highest BCUT2D eigenvalue weighted by atomic mass is 19.4. The number of hydrogen-bond donors (Lipinski definition) is 2. The molecular weight excluding hydrogens is 357 g/mol. The number of rotatable bonds is 4. The molecule has 0 spiro atoms. The summed E-state index contributed by atoms with van der Waals surface area (Å²) in [6.45, 7) is 0.206. The third kappa shape index (κ3) is 4.81. The minimum atomic E-state index is -4.41. The van der Waals surface area contributed by atoms with Crippen molar-refractivity contribution in [3.8, 4) is 11.3 Å². The number of benzene rings is 1. The Morgan fingerprint density at radius 1 is 0.963 bits per heavy atom. The molecule has 2 N–H and O–H groups in total. The van der Waals surface area contributed by atoms with E-state index in [1.54, 1.807) is 24.7 Å². The molecule has 2 heterocycles. The van der Waals surface area contributed by atoms with E-state index in [0.717, 1.165) is 29.0 Å². The van der Waals surface area contributed by atoms with Crippen molar-refractivity contribution in [1.82, 2.24) is 15.3 Å². The van der Waals surface area contributed by atoms with Gasteiger partial charge in [-0.15, -0.1) is 0 Å². The number of nitrogens with zero attached hydrogens (tertiary/aromatic N) is 2. The molecule has 3 rings (SSSR count). The van der Waals surface area contributed by atoms with Crippen LogP contribution in [0.1, 0.15) is 11.1 Å². The highest BCUT2D eigenvalue weighted by Gasteiger charge is 2.29. The number of halogens is 3. The fourth-order valence-corrected chi connectivity index (χ4v) is 2.44. The Hall–Kier alpha value is -3.42. The first-order chi connectivity index (χ1) is 12.9. The monoisotopic (exact) mass is 372 g/mol. The van der Waals surface area contributed by atoms with Gasteiger partial charge in [0.2, 0.25) is 0 Å². The van der Waals surface area contributed by atoms with E-state index in [1.165, 1.54) is 12.1 Å². The molecule has 0 bridgehead atoms. The maximum absolute atomic E-state index is 12.6. The van der Waals surface area contributed by atoms with Crippen LogP contribution in [0.4, 0.5) is 23.7 Å². The Labute approximate surface area is 153 Å². The standard InChI is InChI=1S/C19H15F3N4O/c20-19(21,22)15-3-5-16(6-4-15)26-18(27)25-12-14-2-1-9-24-17(14)13-7-10-23-11-8-13/h1-11H,12H2,(H2,25,26,27). The van der Waals surface area contributed by atoms with E-state index in [-0.39, 0.29) is 12.2 Å². The number of carbonyl (C=O) groups is 1. The lowest BCUT2D eigenvalue weighted by Crippen LogP contribution is -2.28. The van der Waals surface area contributed by atoms with Crippen molar-refractivity contribution in [3.63, 3.8) is 0 Å². The summed E-state index contributed by atoms with van der Waals surface area (Å²) in [5.74, 6) is 0. The average molecular weight is 372 g/mol. The highest BCUT2D eigenvalue weighted by molar-refractivity contribution is 5.89. The van der Waals surface area contributed by atoms with Crippen molar-refractivity contribution in [2.45, 2.75) is 12.7 Å². The van der Waals surface area contributed by atoms with Gasteiger partial charge in [-0.3, -0.25) is 9.97 Å². The molecule has 8 heteroatoms. The minimum Gasteiger partial charge on any atom is -0.334 e. The summed E-state index contributed by atoms with van der Waals surface area (Å²) in [4.78, 5) is 20.3. The second-order valence-corrected chi connectivity index (χ2v) is 5.63. The quantitative estimate of drug-likeness (QED) is 0.709. The molecule has 0 aliphatic carbocycles. The molecule has 0 atom stereocenters. The average Bonchev–Trinajstić information content (AvgIpc) is 2.67. The van der Waals surface area contributed by atoms with E-state index in [0.29, 0.717) is 0 Å². The maximum Gasteiger partial charge on any atom is 0.416 e. The van der Waals surface area contributed by atoms with Gasteiger partial charge in [-0.1, -0.05) is 6.07 Å². The molecule has 0 aliphatic heterocycles. The van der Waals surface area contributed by atoms with E-state index in [4.69, 9.17) is 0 Å². The molecule has 0 aliphatic rings. The van der Waals surface area contributed by atoms with Crippen LogP contribution in [0, 0.1) is 0 Å². The lowest BCUT2D eigenvalue weighted by Gasteiger charge is -2.11. The van der Waals surface area contributed by atoms with E-state index >= 15 is 0 Å². The summed E-state index contributed by atoms with van der Waals surface area (Å²) in [6.07, 6.45) is 0.545. The van der Waals surface area contributed by atoms with Crippen LogP contribution in [0.3, 0.4) is 0 Å². The molecule has 3 aromatic rings. The zero-order valence-corrected chi connectivity index (χ0v) is 14.0. The number of hydrogen-bond acceptors (Lipinski definition) is 3. The molecule has 5 nitrogen and oxygen atoms in total. The molecule has 0 saturated heterocycles. The second-order valence-electron chi connectivity index (χ2n) is 5.63. The van der Waals surface area contributed by atoms with Crippen molar-refractivity contribution in [2.75, 3.05) is 5.32 Å². The van der Waals surface area contributed by atoms with Gasteiger partial charge in [0.1, 0.15) is 0 Å². The number of anilines is 1. The predicted molar refractivity (Wildman–Crippen MR) is 94.8 cm³/mol. The van der Waals surface area contributed by atoms with Gasteiger partial charge in [0, 0.05) is 36.4 Å². The minimum absolute atomic E-state index is 0.206. The molecule has 0 saturated carbocycles. The Kier molecular flexibility index (Phi) is 5.35. The number of nitrogens with one attached hydrogen (secondary N) is 2. The van der Waals surface area contributed by atoms with Crippen LogP contribution < -0.4 is 10.6 Å². The number of aromatic nitrogens is 2. The molecule has 2 amide bonds. The first-order valence-corrected chi connectivity index (χ1v) is 8.00. The van der Waals surface area contributed by atoms with Crippen molar-refractivity contribution in [3.05, 3.63) is 78.2 Å². The van der Waals surface area contributed by atoms with Crippen LogP contribution in [0.15, 0.2) is 67.1 Å². The normalized spacial score (nSPS) is 11.1. The fourth-order valence-electron chi connectivity index (χ4n) is 2.44. The summed E-state index contributed by atoms with van der Waals surface area (Å²) in [6, 6.07) is 10.9. The molecule has 2 aromatic heterocycles. The third-order valence-electron chi connectivity index (χ3n) is 3.75. The predicted octanol–water partition coefficient (Wildman–Crippen LogP) is 4.48. The topological polar surface area (TPSA) is 66.9 Å². The van der Waals surface area contributed by atoms with E-state index in [2.05, 4.69) is 20.6 Å². The van der Waals surface area contributed by atoms with Crippen molar-refractivity contribution < 1.29 is 18.0 Å². The number of alkyl halides is 3. The summed E-state index contributed by atoms with van der Waals surface area (Å²) < 4.78 is 37.7. The first kappa shape index (κ1) is 18.4. The molecule has 0 fully saturated rings. The van der Waals surface area contributed by atoms with Gasteiger partial charge in [-0.2, -0.15) is 13.2 Å². The maximum atomic E-state index is 12.6. The van der Waals surface area contributed by atoms with Gasteiger partial charge in [0.05, 0.1) is 11.3 Å². The summed E-state index contributed by atoms with van der Waals surface area (Å²) in [7, 11) is 0. The van der Waals surface area contributed by atoms with Crippen molar-refractivity contribution in [1.29, 1.82) is 0 Å². The number of carbonyl (C=O) groups excluding carboxylic acids is 1. The summed E-state index contributed by atoms with van der Waals surface area (Å²) in [5, 5.41) is 5.18. The number of amides is 2. The van der Waals surface area contributed by atoms with Gasteiger partial charge >= 0.3 is 12.2 Å². The molecule has 138 valence electrons. The Bertz CT molecular complexity index is 912. The Morgan fingerprint density at radius 3 is 2.33 bits per heavy atom. The van der Waals surface area contributed by atoms with Gasteiger partial charge in [0.15, 0.2) is 0 Å². The summed E-state index contributed by atoms with van der Waals surface area (Å²) in [5.41, 5.74) is 1.87. The Morgan fingerprint density at radius 2 is 1.67 bits per heavy atom. The van der Waals surface area contributed by atoms with Gasteiger partial charge in [-0.05, 0) is 48.0 Å². The second kappa shape index (κ2) is 7.86. The van der Waals surface area contributed by atoms with Gasteiger partial charge in [-0.25, -0.2) is 4.79 Å². The first-order valence-electron chi connectivity index (χ1n) is 8.00. The molecule has 0 unspecified atom stereocenters. The molecular formula is C19H15F3N4O. The smallest absolute Gasteiger partial charge is 0.334 e. The molecule has 27 heavy (non-hydrogen) atoms. The molecule has 0 radical (unpaired) electrons. The van der Waals surface area contributed by atoms with Gasteiger partial charge in [0.25, 0.3) is 0 Å². The van der Waals surface area contributed by atoms with E-state index in [1.807, 2.05) is 18.2 Å². The highest BCUT2D eigenvalue weighted by Crippen LogP contribution is 2.29. The largest absolute Gasteiger partial charge is 0.416 e. The van der Waals surface area contributed by atoms with Crippen LogP contribution in [0.5, 0.6) is 0 Å². The van der Waals surface area contributed by atoms with Crippen LogP contribution in [0.25, 0.3) is 11.3 Å². The zero-order chi connectivity index (χ0) is 19.3. The van der Waals surface area contributed by atoms with Crippen molar-refractivity contribution >= 4 is 11.7 Å². The van der Waals surface area contributed by atoms with Gasteiger partial charge < -0.3 is 10.6 Å². The lowest BCUT2D eigenvalue weighted by molar-refractivity contribution is -0.137. The lowest BCUT2D eigenvalue weighted by atomic mass is 10.1. The van der Waals surface area contributed by atoms with Crippen LogP contribution in [-0.4, -0.2) is 16.0 Å². The molecule has 1 aromatic carbocycles.